The Balaban J connectivity index is 2.21. The number of ether oxygens (including phenoxy) is 2. The van der Waals surface area contributed by atoms with Gasteiger partial charge in [-0.2, -0.15) is 0 Å². The van der Waals surface area contributed by atoms with Gasteiger partial charge in [-0.05, 0) is 30.9 Å². The van der Waals surface area contributed by atoms with E-state index >= 15 is 0 Å². The molecule has 1 fully saturated rings. The zero-order valence-electron chi connectivity index (χ0n) is 11.9. The number of carbonyl (C=O) groups excluding carboxylic acids is 1. The van der Waals surface area contributed by atoms with Crippen LogP contribution in [0, 0.1) is 5.92 Å². The average Bonchev–Trinajstić information content (AvgIpc) is 2.94. The Morgan fingerprint density at radius 2 is 2.00 bits per heavy atom. The van der Waals surface area contributed by atoms with Gasteiger partial charge in [0, 0.05) is 19.0 Å². The molecule has 0 aliphatic carbocycles. The van der Waals surface area contributed by atoms with Gasteiger partial charge in [-0.15, -0.1) is 11.6 Å². The van der Waals surface area contributed by atoms with E-state index < -0.39 is 0 Å². The molecule has 4 nitrogen and oxygen atoms in total. The van der Waals surface area contributed by atoms with Crippen molar-refractivity contribution in [2.24, 2.45) is 5.92 Å². The van der Waals surface area contributed by atoms with Gasteiger partial charge >= 0.3 is 0 Å². The highest BCUT2D eigenvalue weighted by molar-refractivity contribution is 6.17. The molecule has 1 heterocycles. The van der Waals surface area contributed by atoms with Crippen LogP contribution in [0.2, 0.25) is 0 Å². The Kier molecular flexibility index (Phi) is 5.12. The van der Waals surface area contributed by atoms with Crippen molar-refractivity contribution in [1.82, 2.24) is 4.90 Å². The third-order valence-electron chi connectivity index (χ3n) is 3.73. The quantitative estimate of drug-likeness (QED) is 0.785. The van der Waals surface area contributed by atoms with E-state index in [-0.39, 0.29) is 5.91 Å². The zero-order chi connectivity index (χ0) is 14.5. The van der Waals surface area contributed by atoms with E-state index in [0.29, 0.717) is 28.9 Å². The van der Waals surface area contributed by atoms with Crippen molar-refractivity contribution in [1.29, 1.82) is 0 Å². The van der Waals surface area contributed by atoms with Crippen LogP contribution in [0.4, 0.5) is 0 Å². The van der Waals surface area contributed by atoms with E-state index in [2.05, 4.69) is 0 Å². The molecule has 0 N–H and O–H groups in total. The molecule has 0 radical (unpaired) electrons. The normalized spacial score (nSPS) is 18.1. The monoisotopic (exact) mass is 297 g/mol. The second kappa shape index (κ2) is 6.84. The lowest BCUT2D eigenvalue weighted by Crippen LogP contribution is -2.29. The van der Waals surface area contributed by atoms with Crippen LogP contribution in [0.5, 0.6) is 11.5 Å². The Labute approximate surface area is 124 Å². The Hall–Kier alpha value is -1.42. The molecule has 1 aromatic carbocycles. The standard InChI is InChI=1S/C15H20ClNO3/c1-19-12-4-3-5-13(20-2)14(12)15(18)17-9-7-11(10-17)6-8-16/h3-5,11H,6-10H2,1-2H3. The molecule has 110 valence electrons. The molecule has 1 unspecified atom stereocenters. The third-order valence-corrected chi connectivity index (χ3v) is 3.95. The first-order valence-corrected chi connectivity index (χ1v) is 7.31. The minimum absolute atomic E-state index is 0.0311. The highest BCUT2D eigenvalue weighted by atomic mass is 35.5. The number of nitrogens with zero attached hydrogens (tertiary/aromatic N) is 1. The van der Waals surface area contributed by atoms with Crippen LogP contribution in [0.25, 0.3) is 0 Å². The number of methoxy groups -OCH3 is 2. The third kappa shape index (κ3) is 3.01. The molecule has 1 saturated heterocycles. The molecular formula is C15H20ClNO3. The van der Waals surface area contributed by atoms with Crippen LogP contribution in [0.3, 0.4) is 0 Å². The lowest BCUT2D eigenvalue weighted by Gasteiger charge is -2.19. The summed E-state index contributed by atoms with van der Waals surface area (Å²) in [6.07, 6.45) is 1.96. The fourth-order valence-electron chi connectivity index (χ4n) is 2.63. The molecule has 1 aromatic rings. The van der Waals surface area contributed by atoms with Crippen molar-refractivity contribution in [3.8, 4) is 11.5 Å². The molecule has 1 aliphatic rings. The summed E-state index contributed by atoms with van der Waals surface area (Å²) in [5.74, 6) is 2.21. The topological polar surface area (TPSA) is 38.8 Å². The van der Waals surface area contributed by atoms with Gasteiger partial charge in [-0.1, -0.05) is 6.07 Å². The molecule has 0 spiro atoms. The molecule has 2 rings (SSSR count). The number of likely N-dealkylation sites (tertiary alicyclic amines) is 1. The molecule has 1 aliphatic heterocycles. The van der Waals surface area contributed by atoms with E-state index in [1.807, 2.05) is 11.0 Å². The first-order chi connectivity index (χ1) is 9.71. The first-order valence-electron chi connectivity index (χ1n) is 6.77. The molecule has 20 heavy (non-hydrogen) atoms. The maximum Gasteiger partial charge on any atom is 0.261 e. The van der Waals surface area contributed by atoms with Gasteiger partial charge in [-0.25, -0.2) is 0 Å². The van der Waals surface area contributed by atoms with Crippen LogP contribution < -0.4 is 9.47 Å². The molecule has 1 amide bonds. The number of alkyl halides is 1. The summed E-state index contributed by atoms with van der Waals surface area (Å²) in [6.45, 7) is 1.52. The first kappa shape index (κ1) is 15.0. The van der Waals surface area contributed by atoms with E-state index in [9.17, 15) is 4.79 Å². The Bertz CT molecular complexity index is 456. The Morgan fingerprint density at radius 3 is 2.55 bits per heavy atom. The fourth-order valence-corrected chi connectivity index (χ4v) is 2.94. The maximum atomic E-state index is 12.7. The predicted octanol–water partition coefficient (Wildman–Crippen LogP) is 2.79. The number of amides is 1. The number of rotatable bonds is 5. The number of hydrogen-bond donors (Lipinski definition) is 0. The van der Waals surface area contributed by atoms with Gasteiger partial charge < -0.3 is 14.4 Å². The van der Waals surface area contributed by atoms with Crippen molar-refractivity contribution >= 4 is 17.5 Å². The summed E-state index contributed by atoms with van der Waals surface area (Å²) >= 11 is 5.78. The molecule has 5 heteroatoms. The number of benzene rings is 1. The average molecular weight is 298 g/mol. The minimum atomic E-state index is -0.0311. The van der Waals surface area contributed by atoms with Crippen LogP contribution in [0.1, 0.15) is 23.2 Å². The van der Waals surface area contributed by atoms with Gasteiger partial charge in [0.15, 0.2) is 0 Å². The van der Waals surface area contributed by atoms with Gasteiger partial charge in [0.25, 0.3) is 5.91 Å². The lowest BCUT2D eigenvalue weighted by atomic mass is 10.1. The second-order valence-electron chi connectivity index (χ2n) is 4.92. The summed E-state index contributed by atoms with van der Waals surface area (Å²) in [7, 11) is 3.12. The van der Waals surface area contributed by atoms with Gasteiger partial charge in [0.1, 0.15) is 17.1 Å². The number of halogens is 1. The number of carbonyl (C=O) groups is 1. The molecule has 1 atom stereocenters. The van der Waals surface area contributed by atoms with E-state index in [0.717, 1.165) is 25.9 Å². The highest BCUT2D eigenvalue weighted by Crippen LogP contribution is 2.31. The highest BCUT2D eigenvalue weighted by Gasteiger charge is 2.30. The fraction of sp³-hybridized carbons (Fsp3) is 0.533. The van der Waals surface area contributed by atoms with E-state index in [1.54, 1.807) is 26.4 Å². The summed E-state index contributed by atoms with van der Waals surface area (Å²) in [6, 6.07) is 5.37. The van der Waals surface area contributed by atoms with Crippen molar-refractivity contribution in [3.05, 3.63) is 23.8 Å². The molecule has 0 aromatic heterocycles. The van der Waals surface area contributed by atoms with E-state index in [1.165, 1.54) is 0 Å². The lowest BCUT2D eigenvalue weighted by molar-refractivity contribution is 0.0780. The number of hydrogen-bond acceptors (Lipinski definition) is 3. The zero-order valence-corrected chi connectivity index (χ0v) is 12.7. The van der Waals surface area contributed by atoms with Gasteiger partial charge in [0.2, 0.25) is 0 Å². The largest absolute Gasteiger partial charge is 0.496 e. The summed E-state index contributed by atoms with van der Waals surface area (Å²) in [5, 5.41) is 0. The summed E-state index contributed by atoms with van der Waals surface area (Å²) in [4.78, 5) is 14.5. The maximum absolute atomic E-state index is 12.7. The summed E-state index contributed by atoms with van der Waals surface area (Å²) in [5.41, 5.74) is 0.504. The van der Waals surface area contributed by atoms with Gasteiger partial charge in [-0.3, -0.25) is 4.79 Å². The van der Waals surface area contributed by atoms with Gasteiger partial charge in [0.05, 0.1) is 14.2 Å². The van der Waals surface area contributed by atoms with Crippen LogP contribution in [-0.4, -0.2) is 44.0 Å². The van der Waals surface area contributed by atoms with Crippen LogP contribution in [0.15, 0.2) is 18.2 Å². The molecule has 0 bridgehead atoms. The molecular weight excluding hydrogens is 278 g/mol. The predicted molar refractivity (Wildman–Crippen MR) is 78.9 cm³/mol. The summed E-state index contributed by atoms with van der Waals surface area (Å²) < 4.78 is 10.6. The minimum Gasteiger partial charge on any atom is -0.496 e. The van der Waals surface area contributed by atoms with E-state index in [4.69, 9.17) is 21.1 Å². The Morgan fingerprint density at radius 1 is 1.35 bits per heavy atom. The SMILES string of the molecule is COc1cccc(OC)c1C(=O)N1CCC(CCCl)C1. The van der Waals surface area contributed by atoms with Crippen molar-refractivity contribution in [3.63, 3.8) is 0 Å². The van der Waals surface area contributed by atoms with Crippen molar-refractivity contribution < 1.29 is 14.3 Å². The molecule has 0 saturated carbocycles. The second-order valence-corrected chi connectivity index (χ2v) is 5.30. The van der Waals surface area contributed by atoms with Crippen LogP contribution in [-0.2, 0) is 0 Å². The van der Waals surface area contributed by atoms with Crippen molar-refractivity contribution in [2.75, 3.05) is 33.2 Å². The smallest absolute Gasteiger partial charge is 0.261 e. The van der Waals surface area contributed by atoms with Crippen LogP contribution >= 0.6 is 11.6 Å². The van der Waals surface area contributed by atoms with Crippen molar-refractivity contribution in [2.45, 2.75) is 12.8 Å².